The molecule has 1 aromatic rings. The van der Waals surface area contributed by atoms with Crippen molar-refractivity contribution in [1.29, 1.82) is 5.26 Å². The summed E-state index contributed by atoms with van der Waals surface area (Å²) in [6.45, 7) is 0. The smallest absolute Gasteiger partial charge is 0.280 e. The van der Waals surface area contributed by atoms with Gasteiger partial charge in [0.2, 0.25) is 0 Å². The fourth-order valence-corrected chi connectivity index (χ4v) is 0.673. The lowest BCUT2D eigenvalue weighted by Gasteiger charge is -1.99. The number of aromatic hydroxyl groups is 1. The number of nitriles is 1. The zero-order chi connectivity index (χ0) is 9.14. The van der Waals surface area contributed by atoms with Crippen molar-refractivity contribution in [1.82, 2.24) is 4.98 Å². The summed E-state index contributed by atoms with van der Waals surface area (Å²) >= 11 is 0. The third-order valence-corrected chi connectivity index (χ3v) is 1.25. The van der Waals surface area contributed by atoms with E-state index in [-0.39, 0.29) is 11.3 Å². The quantitative estimate of drug-likeness (QED) is 0.696. The number of hydrogen-bond donors (Lipinski definition) is 1. The molecule has 0 saturated carbocycles. The molecule has 0 radical (unpaired) electrons. The number of rotatable bonds is 1. The van der Waals surface area contributed by atoms with Gasteiger partial charge >= 0.3 is 0 Å². The Balaban J connectivity index is 3.16. The Morgan fingerprint density at radius 2 is 2.25 bits per heavy atom. The summed E-state index contributed by atoms with van der Waals surface area (Å²) in [5.41, 5.74) is -0.704. The number of aromatic nitrogens is 1. The topological polar surface area (TPSA) is 56.9 Å². The largest absolute Gasteiger partial charge is 0.505 e. The molecule has 0 atom stereocenters. The molecule has 0 aromatic carbocycles. The third-order valence-electron chi connectivity index (χ3n) is 1.25. The van der Waals surface area contributed by atoms with Gasteiger partial charge in [-0.2, -0.15) is 5.26 Å². The van der Waals surface area contributed by atoms with Crippen LogP contribution in [0.5, 0.6) is 5.75 Å². The van der Waals surface area contributed by atoms with E-state index in [2.05, 4.69) is 4.98 Å². The highest BCUT2D eigenvalue weighted by atomic mass is 19.3. The van der Waals surface area contributed by atoms with E-state index in [0.29, 0.717) is 0 Å². The molecule has 12 heavy (non-hydrogen) atoms. The van der Waals surface area contributed by atoms with Crippen LogP contribution in [0.4, 0.5) is 8.78 Å². The Morgan fingerprint density at radius 3 is 2.75 bits per heavy atom. The van der Waals surface area contributed by atoms with Gasteiger partial charge in [-0.1, -0.05) is 0 Å². The first-order valence-electron chi connectivity index (χ1n) is 3.02. The van der Waals surface area contributed by atoms with E-state index >= 15 is 0 Å². The Bertz CT molecular complexity index is 333. The van der Waals surface area contributed by atoms with Gasteiger partial charge in [-0.3, -0.25) is 4.98 Å². The first-order valence-corrected chi connectivity index (χ1v) is 3.02. The number of nitrogens with zero attached hydrogens (tertiary/aromatic N) is 2. The van der Waals surface area contributed by atoms with Gasteiger partial charge in [0.05, 0.1) is 11.8 Å². The summed E-state index contributed by atoms with van der Waals surface area (Å²) in [6.07, 6.45) is -1.89. The molecule has 0 unspecified atom stereocenters. The lowest BCUT2D eigenvalue weighted by molar-refractivity contribution is 0.146. The van der Waals surface area contributed by atoms with E-state index < -0.39 is 12.1 Å². The predicted octanol–water partition coefficient (Wildman–Crippen LogP) is 1.60. The molecule has 0 fully saturated rings. The molecule has 0 spiro atoms. The van der Waals surface area contributed by atoms with Gasteiger partial charge in [-0.25, -0.2) is 8.78 Å². The van der Waals surface area contributed by atoms with Gasteiger partial charge in [0, 0.05) is 0 Å². The number of alkyl halides is 2. The maximum Gasteiger partial charge on any atom is 0.280 e. The number of pyridine rings is 1. The molecule has 0 saturated heterocycles. The summed E-state index contributed by atoms with van der Waals surface area (Å²) in [4.78, 5) is 3.24. The first kappa shape index (κ1) is 8.40. The average molecular weight is 170 g/mol. The fourth-order valence-electron chi connectivity index (χ4n) is 0.673. The lowest BCUT2D eigenvalue weighted by atomic mass is 10.2. The van der Waals surface area contributed by atoms with Crippen LogP contribution in [-0.2, 0) is 0 Å². The summed E-state index contributed by atoms with van der Waals surface area (Å²) in [7, 11) is 0. The normalized spacial score (nSPS) is 9.83. The van der Waals surface area contributed by atoms with E-state index in [9.17, 15) is 8.78 Å². The van der Waals surface area contributed by atoms with E-state index in [0.717, 1.165) is 12.3 Å². The van der Waals surface area contributed by atoms with Crippen molar-refractivity contribution in [2.75, 3.05) is 0 Å². The second-order valence-corrected chi connectivity index (χ2v) is 2.04. The molecular formula is C7H4F2N2O. The predicted molar refractivity (Wildman–Crippen MR) is 35.6 cm³/mol. The SMILES string of the molecule is N#Cc1cc(C(F)F)ncc1O. The third kappa shape index (κ3) is 1.48. The van der Waals surface area contributed by atoms with Crippen LogP contribution >= 0.6 is 0 Å². The highest BCUT2D eigenvalue weighted by Gasteiger charge is 2.11. The first-order chi connectivity index (χ1) is 5.65. The van der Waals surface area contributed by atoms with Crippen LogP contribution in [0.25, 0.3) is 0 Å². The van der Waals surface area contributed by atoms with Crippen LogP contribution in [-0.4, -0.2) is 10.1 Å². The highest BCUT2D eigenvalue weighted by Crippen LogP contribution is 2.21. The maximum atomic E-state index is 12.0. The Hall–Kier alpha value is -1.70. The van der Waals surface area contributed by atoms with Crippen LogP contribution in [0.1, 0.15) is 17.7 Å². The van der Waals surface area contributed by atoms with Crippen molar-refractivity contribution >= 4 is 0 Å². The molecule has 62 valence electrons. The molecule has 5 heteroatoms. The minimum atomic E-state index is -2.72. The molecule has 0 aliphatic carbocycles. The van der Waals surface area contributed by atoms with Crippen molar-refractivity contribution in [3.8, 4) is 11.8 Å². The van der Waals surface area contributed by atoms with Crippen LogP contribution < -0.4 is 0 Å². The molecule has 3 nitrogen and oxygen atoms in total. The maximum absolute atomic E-state index is 12.0. The van der Waals surface area contributed by atoms with Gasteiger partial charge in [0.25, 0.3) is 6.43 Å². The molecule has 1 N–H and O–H groups in total. The van der Waals surface area contributed by atoms with Crippen LogP contribution in [0.15, 0.2) is 12.3 Å². The average Bonchev–Trinajstić information content (AvgIpc) is 2.05. The molecular weight excluding hydrogens is 166 g/mol. The standard InChI is InChI=1S/C7H4F2N2O/c8-7(9)5-1-4(2-10)6(12)3-11-5/h1,3,7,12H. The molecule has 1 aromatic heterocycles. The van der Waals surface area contributed by atoms with Gasteiger partial charge in [0.15, 0.2) is 5.75 Å². The van der Waals surface area contributed by atoms with Gasteiger partial charge in [0.1, 0.15) is 11.8 Å². The summed E-state index contributed by atoms with van der Waals surface area (Å²) in [6, 6.07) is 2.43. The van der Waals surface area contributed by atoms with Crippen LogP contribution in [0, 0.1) is 11.3 Å². The van der Waals surface area contributed by atoms with Crippen LogP contribution in [0.2, 0.25) is 0 Å². The van der Waals surface area contributed by atoms with Crippen molar-refractivity contribution in [2.24, 2.45) is 0 Å². The number of halogens is 2. The molecule has 0 aliphatic heterocycles. The minimum Gasteiger partial charge on any atom is -0.505 e. The second kappa shape index (κ2) is 3.13. The van der Waals surface area contributed by atoms with Crippen molar-refractivity contribution in [3.63, 3.8) is 0 Å². The van der Waals surface area contributed by atoms with E-state index in [4.69, 9.17) is 10.4 Å². The Morgan fingerprint density at radius 1 is 1.58 bits per heavy atom. The molecule has 0 amide bonds. The fraction of sp³-hybridized carbons (Fsp3) is 0.143. The lowest BCUT2D eigenvalue weighted by Crippen LogP contribution is -1.90. The second-order valence-electron chi connectivity index (χ2n) is 2.04. The van der Waals surface area contributed by atoms with Crippen molar-refractivity contribution in [2.45, 2.75) is 6.43 Å². The van der Waals surface area contributed by atoms with Gasteiger partial charge in [-0.15, -0.1) is 0 Å². The van der Waals surface area contributed by atoms with Gasteiger partial charge in [-0.05, 0) is 6.07 Å². The van der Waals surface area contributed by atoms with Crippen molar-refractivity contribution < 1.29 is 13.9 Å². The summed E-state index contributed by atoms with van der Waals surface area (Å²) < 4.78 is 23.9. The Labute approximate surface area is 66.9 Å². The van der Waals surface area contributed by atoms with Gasteiger partial charge < -0.3 is 5.11 Å². The zero-order valence-corrected chi connectivity index (χ0v) is 5.83. The van der Waals surface area contributed by atoms with E-state index in [1.807, 2.05) is 0 Å². The summed E-state index contributed by atoms with van der Waals surface area (Å²) in [5.74, 6) is -0.387. The molecule has 0 aliphatic rings. The molecule has 1 heterocycles. The number of hydrogen-bond acceptors (Lipinski definition) is 3. The highest BCUT2D eigenvalue weighted by molar-refractivity contribution is 5.41. The van der Waals surface area contributed by atoms with E-state index in [1.54, 1.807) is 6.07 Å². The Kier molecular flexibility index (Phi) is 2.19. The summed E-state index contributed by atoms with van der Waals surface area (Å²) in [5, 5.41) is 17.2. The minimum absolute atomic E-state index is 0.194. The van der Waals surface area contributed by atoms with Crippen molar-refractivity contribution in [3.05, 3.63) is 23.5 Å². The zero-order valence-electron chi connectivity index (χ0n) is 5.83. The monoisotopic (exact) mass is 170 g/mol. The molecule has 1 rings (SSSR count). The van der Waals surface area contributed by atoms with Crippen LogP contribution in [0.3, 0.4) is 0 Å². The molecule has 0 bridgehead atoms. The van der Waals surface area contributed by atoms with E-state index in [1.165, 1.54) is 0 Å².